The molecule has 0 aromatic heterocycles. The SMILES string of the molecule is O=C(O)C(F)(F)F.O=C(O)C(F)(F)F.O=C1COc2c(CCNCCN(C(=O)CCNCCc3cccc(Cl)c3Cl)C3CCCCC3)ccc(O)c2N1. The van der Waals surface area contributed by atoms with Crippen LogP contribution in [0.3, 0.4) is 0 Å². The lowest BCUT2D eigenvalue weighted by Crippen LogP contribution is -2.45. The number of ether oxygens (including phenoxy) is 1. The smallest absolute Gasteiger partial charge is 0.490 e. The first-order valence-electron chi connectivity index (χ1n) is 16.3. The van der Waals surface area contributed by atoms with Crippen LogP contribution in [0.25, 0.3) is 0 Å². The van der Waals surface area contributed by atoms with Crippen molar-refractivity contribution in [2.24, 2.45) is 0 Å². The van der Waals surface area contributed by atoms with Crippen molar-refractivity contribution < 1.29 is 65.6 Å². The molecular formula is C33H40Cl2F6N4O8. The number of aliphatic carboxylic acids is 2. The van der Waals surface area contributed by atoms with Crippen molar-refractivity contribution in [1.29, 1.82) is 0 Å². The Hall–Kier alpha value is -4.00. The fraction of sp³-hybridized carbons (Fsp3) is 0.515. The molecule has 53 heavy (non-hydrogen) atoms. The van der Waals surface area contributed by atoms with E-state index >= 15 is 0 Å². The first kappa shape index (κ1) is 45.2. The number of carboxylic acid groups (broad SMARTS) is 2. The molecule has 1 aliphatic carbocycles. The number of benzene rings is 2. The highest BCUT2D eigenvalue weighted by Gasteiger charge is 2.39. The molecule has 0 spiro atoms. The Morgan fingerprint density at radius 2 is 1.42 bits per heavy atom. The second-order valence-corrected chi connectivity index (χ2v) is 12.5. The van der Waals surface area contributed by atoms with Crippen molar-refractivity contribution in [3.63, 3.8) is 0 Å². The van der Waals surface area contributed by atoms with E-state index in [9.17, 15) is 41.0 Å². The topological polar surface area (TPSA) is 178 Å². The number of nitrogens with zero attached hydrogens (tertiary/aromatic N) is 1. The second kappa shape index (κ2) is 21.6. The highest BCUT2D eigenvalue weighted by molar-refractivity contribution is 6.42. The van der Waals surface area contributed by atoms with Crippen molar-refractivity contribution in [2.75, 3.05) is 44.6 Å². The van der Waals surface area contributed by atoms with Crippen LogP contribution < -0.4 is 20.7 Å². The summed E-state index contributed by atoms with van der Waals surface area (Å²) in [6.07, 6.45) is -2.56. The quantitative estimate of drug-likeness (QED) is 0.0823. The predicted molar refractivity (Wildman–Crippen MR) is 182 cm³/mol. The lowest BCUT2D eigenvalue weighted by molar-refractivity contribution is -0.193. The van der Waals surface area contributed by atoms with Gasteiger partial charge in [0, 0.05) is 32.1 Å². The summed E-state index contributed by atoms with van der Waals surface area (Å²) in [5.74, 6) is -5.07. The molecule has 0 atom stereocenters. The number of rotatable bonds is 13. The average Bonchev–Trinajstić information content (AvgIpc) is 3.09. The third-order valence-corrected chi connectivity index (χ3v) is 8.73. The molecule has 2 aromatic rings. The number of nitrogens with one attached hydrogen (secondary N) is 3. The van der Waals surface area contributed by atoms with E-state index in [-0.39, 0.29) is 24.2 Å². The Morgan fingerprint density at radius 3 is 2.00 bits per heavy atom. The molecule has 0 saturated heterocycles. The summed E-state index contributed by atoms with van der Waals surface area (Å²) in [7, 11) is 0. The van der Waals surface area contributed by atoms with Gasteiger partial charge in [0.15, 0.2) is 12.4 Å². The molecule has 1 saturated carbocycles. The van der Waals surface area contributed by atoms with Crippen LogP contribution >= 0.6 is 23.2 Å². The third kappa shape index (κ3) is 15.9. The molecule has 1 fully saturated rings. The zero-order valence-electron chi connectivity index (χ0n) is 28.2. The number of fused-ring (bicyclic) bond motifs is 1. The fourth-order valence-electron chi connectivity index (χ4n) is 5.29. The molecule has 6 N–H and O–H groups in total. The Kier molecular flexibility index (Phi) is 18.4. The minimum atomic E-state index is -5.08. The highest BCUT2D eigenvalue weighted by atomic mass is 35.5. The van der Waals surface area contributed by atoms with Gasteiger partial charge < -0.3 is 40.9 Å². The van der Waals surface area contributed by atoms with Gasteiger partial charge in [0.05, 0.1) is 10.0 Å². The summed E-state index contributed by atoms with van der Waals surface area (Å²) in [4.78, 5) is 44.7. The first-order chi connectivity index (χ1) is 24.8. The third-order valence-electron chi connectivity index (χ3n) is 7.87. The van der Waals surface area contributed by atoms with Crippen LogP contribution in [-0.4, -0.2) is 102 Å². The molecule has 0 unspecified atom stereocenters. The van der Waals surface area contributed by atoms with E-state index in [1.807, 2.05) is 18.2 Å². The van der Waals surface area contributed by atoms with E-state index in [1.54, 1.807) is 12.1 Å². The highest BCUT2D eigenvalue weighted by Crippen LogP contribution is 2.39. The monoisotopic (exact) mass is 804 g/mol. The van der Waals surface area contributed by atoms with E-state index in [4.69, 9.17) is 47.7 Å². The van der Waals surface area contributed by atoms with Gasteiger partial charge in [-0.2, -0.15) is 26.3 Å². The molecule has 296 valence electrons. The van der Waals surface area contributed by atoms with Gasteiger partial charge in [-0.15, -0.1) is 0 Å². The number of phenols is 1. The maximum Gasteiger partial charge on any atom is 0.490 e. The van der Waals surface area contributed by atoms with E-state index in [1.165, 1.54) is 19.3 Å². The van der Waals surface area contributed by atoms with Crippen LogP contribution in [0.2, 0.25) is 10.0 Å². The van der Waals surface area contributed by atoms with E-state index in [0.29, 0.717) is 66.5 Å². The summed E-state index contributed by atoms with van der Waals surface area (Å²) < 4.78 is 69.0. The van der Waals surface area contributed by atoms with Crippen LogP contribution in [0, 0.1) is 0 Å². The van der Waals surface area contributed by atoms with Crippen molar-refractivity contribution >= 4 is 52.6 Å². The molecule has 2 aromatic carbocycles. The molecule has 12 nitrogen and oxygen atoms in total. The van der Waals surface area contributed by atoms with Gasteiger partial charge in [0.25, 0.3) is 5.91 Å². The number of alkyl halides is 6. The van der Waals surface area contributed by atoms with Crippen LogP contribution in [0.5, 0.6) is 11.5 Å². The van der Waals surface area contributed by atoms with Crippen molar-refractivity contribution in [3.8, 4) is 11.5 Å². The lowest BCUT2D eigenvalue weighted by atomic mass is 9.94. The zero-order chi connectivity index (χ0) is 39.8. The van der Waals surface area contributed by atoms with E-state index in [0.717, 1.165) is 36.9 Å². The Morgan fingerprint density at radius 1 is 0.849 bits per heavy atom. The van der Waals surface area contributed by atoms with E-state index in [2.05, 4.69) is 20.9 Å². The minimum absolute atomic E-state index is 0.000791. The molecular weight excluding hydrogens is 765 g/mol. The van der Waals surface area contributed by atoms with Gasteiger partial charge in [-0.05, 0) is 62.0 Å². The zero-order valence-corrected chi connectivity index (χ0v) is 29.7. The lowest BCUT2D eigenvalue weighted by Gasteiger charge is -2.34. The average molecular weight is 806 g/mol. The van der Waals surface area contributed by atoms with Crippen LogP contribution in [0.4, 0.5) is 32.0 Å². The molecule has 2 aliphatic rings. The van der Waals surface area contributed by atoms with Gasteiger partial charge in [-0.25, -0.2) is 9.59 Å². The van der Waals surface area contributed by atoms with Gasteiger partial charge in [0.1, 0.15) is 11.4 Å². The first-order valence-corrected chi connectivity index (χ1v) is 17.1. The molecule has 0 radical (unpaired) electrons. The number of carbonyl (C=O) groups is 4. The Bertz CT molecular complexity index is 1520. The maximum atomic E-state index is 13.2. The standard InChI is InChI=1S/C29H38Cl2N4O4.2C2HF3O2/c30-23-8-4-5-20(27(23)31)11-14-32-16-13-26(38)35(22-6-2-1-3-7-22)18-17-33-15-12-21-9-10-24(36)28-29(21)39-19-25(37)34-28;2*3-2(4,5)1(6)7/h4-5,8-10,22,32-33,36H,1-3,6-7,11-19H2,(H,34,37);2*(H,6,7). The van der Waals surface area contributed by atoms with Gasteiger partial charge in [0.2, 0.25) is 5.91 Å². The number of anilines is 1. The number of halogens is 8. The van der Waals surface area contributed by atoms with Crippen molar-refractivity contribution in [1.82, 2.24) is 15.5 Å². The summed E-state index contributed by atoms with van der Waals surface area (Å²) in [6, 6.07) is 9.35. The number of amides is 2. The van der Waals surface area contributed by atoms with Gasteiger partial charge in [-0.1, -0.05) is 60.7 Å². The normalized spacial score (nSPS) is 14.3. The van der Waals surface area contributed by atoms with Crippen molar-refractivity contribution in [2.45, 2.75) is 69.8 Å². The number of hydrogen-bond donors (Lipinski definition) is 6. The van der Waals surface area contributed by atoms with Gasteiger partial charge >= 0.3 is 24.3 Å². The number of phenolic OH excluding ortho intramolecular Hbond substituents is 1. The summed E-state index contributed by atoms with van der Waals surface area (Å²) in [5.41, 5.74) is 2.25. The molecule has 0 bridgehead atoms. The molecule has 2 amide bonds. The predicted octanol–water partition coefficient (Wildman–Crippen LogP) is 5.81. The van der Waals surface area contributed by atoms with Crippen LogP contribution in [0.15, 0.2) is 30.3 Å². The summed E-state index contributed by atoms with van der Waals surface area (Å²) >= 11 is 12.4. The molecule has 1 heterocycles. The largest absolute Gasteiger partial charge is 0.506 e. The maximum absolute atomic E-state index is 13.2. The van der Waals surface area contributed by atoms with Gasteiger partial charge in [-0.3, -0.25) is 9.59 Å². The Labute approximate surface area is 310 Å². The summed E-state index contributed by atoms with van der Waals surface area (Å²) in [6.45, 7) is 3.35. The number of carboxylic acids is 2. The van der Waals surface area contributed by atoms with Crippen LogP contribution in [0.1, 0.15) is 49.7 Å². The summed E-state index contributed by atoms with van der Waals surface area (Å²) in [5, 5.41) is 35.0. The molecule has 4 rings (SSSR count). The molecule has 20 heteroatoms. The number of carbonyl (C=O) groups excluding carboxylic acids is 2. The molecule has 1 aliphatic heterocycles. The second-order valence-electron chi connectivity index (χ2n) is 11.7. The fourth-order valence-corrected chi connectivity index (χ4v) is 5.71. The Balaban J connectivity index is 0.000000587. The number of aromatic hydroxyl groups is 1. The number of hydrogen-bond acceptors (Lipinski definition) is 8. The minimum Gasteiger partial charge on any atom is -0.506 e. The van der Waals surface area contributed by atoms with E-state index < -0.39 is 24.3 Å². The van der Waals surface area contributed by atoms with Crippen LogP contribution in [-0.2, 0) is 32.0 Å². The van der Waals surface area contributed by atoms with Crippen molar-refractivity contribution in [3.05, 3.63) is 51.5 Å².